The zero-order valence-corrected chi connectivity index (χ0v) is 10.3. The monoisotopic (exact) mass is 244 g/mol. The quantitative estimate of drug-likeness (QED) is 0.846. The summed E-state index contributed by atoms with van der Waals surface area (Å²) in [4.78, 5) is 9.01. The molecule has 2 aromatic rings. The van der Waals surface area contributed by atoms with Gasteiger partial charge in [-0.05, 0) is 25.0 Å². The van der Waals surface area contributed by atoms with Crippen molar-refractivity contribution < 1.29 is 4.42 Å². The fourth-order valence-electron chi connectivity index (χ4n) is 1.80. The third-order valence-electron chi connectivity index (χ3n) is 2.97. The van der Waals surface area contributed by atoms with Gasteiger partial charge in [-0.15, -0.1) is 0 Å². The van der Waals surface area contributed by atoms with Crippen LogP contribution in [0.15, 0.2) is 28.9 Å². The molecule has 0 atom stereocenters. The van der Waals surface area contributed by atoms with Crippen LogP contribution in [0.5, 0.6) is 0 Å². The summed E-state index contributed by atoms with van der Waals surface area (Å²) >= 11 is 0. The average molecular weight is 244 g/mol. The Labute approximate surface area is 106 Å². The van der Waals surface area contributed by atoms with Crippen molar-refractivity contribution in [2.75, 3.05) is 17.7 Å². The smallest absolute Gasteiger partial charge is 0.136 e. The van der Waals surface area contributed by atoms with Gasteiger partial charge in [-0.25, -0.2) is 9.97 Å². The van der Waals surface area contributed by atoms with Crippen LogP contribution in [-0.4, -0.2) is 17.0 Å². The fraction of sp³-hybridized carbons (Fsp3) is 0.385. The largest absolute Gasteiger partial charge is 0.467 e. The molecule has 2 heterocycles. The molecule has 5 heteroatoms. The maximum absolute atomic E-state index is 5.28. The highest BCUT2D eigenvalue weighted by molar-refractivity contribution is 5.47. The van der Waals surface area contributed by atoms with Gasteiger partial charge < -0.3 is 15.1 Å². The Kier molecular flexibility index (Phi) is 2.88. The van der Waals surface area contributed by atoms with Crippen molar-refractivity contribution in [2.24, 2.45) is 0 Å². The molecule has 94 valence electrons. The van der Waals surface area contributed by atoms with Crippen LogP contribution in [-0.2, 0) is 6.54 Å². The molecule has 2 N–H and O–H groups in total. The lowest BCUT2D eigenvalue weighted by atomic mass is 10.3. The molecule has 1 aliphatic carbocycles. The van der Waals surface area contributed by atoms with Crippen LogP contribution in [0.4, 0.5) is 11.6 Å². The number of hydrogen-bond acceptors (Lipinski definition) is 5. The van der Waals surface area contributed by atoms with E-state index in [0.717, 1.165) is 23.2 Å². The van der Waals surface area contributed by atoms with Gasteiger partial charge in [0, 0.05) is 19.0 Å². The summed E-state index contributed by atoms with van der Waals surface area (Å²) in [6.07, 6.45) is 4.07. The van der Waals surface area contributed by atoms with E-state index in [4.69, 9.17) is 4.42 Å². The average Bonchev–Trinajstić information content (AvgIpc) is 3.13. The molecule has 2 aromatic heterocycles. The van der Waals surface area contributed by atoms with Crippen LogP contribution in [0.2, 0.25) is 0 Å². The van der Waals surface area contributed by atoms with Crippen molar-refractivity contribution in [2.45, 2.75) is 25.3 Å². The van der Waals surface area contributed by atoms with E-state index in [0.29, 0.717) is 12.5 Å². The van der Waals surface area contributed by atoms with Gasteiger partial charge in [0.25, 0.3) is 0 Å². The molecule has 1 fully saturated rings. The molecule has 0 radical (unpaired) electrons. The molecule has 18 heavy (non-hydrogen) atoms. The van der Waals surface area contributed by atoms with Gasteiger partial charge in [0.2, 0.25) is 0 Å². The molecule has 0 unspecified atom stereocenters. The minimum absolute atomic E-state index is 0.544. The van der Waals surface area contributed by atoms with Crippen LogP contribution in [0.1, 0.15) is 30.3 Å². The van der Waals surface area contributed by atoms with Crippen LogP contribution < -0.4 is 10.6 Å². The highest BCUT2D eigenvalue weighted by Gasteiger charge is 2.27. The highest BCUT2D eigenvalue weighted by atomic mass is 16.3. The molecule has 5 nitrogen and oxygen atoms in total. The number of rotatable bonds is 5. The first-order chi connectivity index (χ1) is 8.85. The first kappa shape index (κ1) is 11.1. The number of hydrogen-bond donors (Lipinski definition) is 2. The molecule has 0 aliphatic heterocycles. The SMILES string of the molecule is CNc1cc(NCc2ccco2)nc(C2CC2)n1. The van der Waals surface area contributed by atoms with Crippen LogP contribution in [0.25, 0.3) is 0 Å². The first-order valence-corrected chi connectivity index (χ1v) is 6.18. The number of aromatic nitrogens is 2. The predicted molar refractivity (Wildman–Crippen MR) is 69.6 cm³/mol. The molecule has 0 spiro atoms. The summed E-state index contributed by atoms with van der Waals surface area (Å²) in [6, 6.07) is 5.73. The molecular weight excluding hydrogens is 228 g/mol. The van der Waals surface area contributed by atoms with Gasteiger partial charge in [-0.2, -0.15) is 0 Å². The van der Waals surface area contributed by atoms with Crippen LogP contribution >= 0.6 is 0 Å². The standard InChI is InChI=1S/C13H16N4O/c1-14-11-7-12(15-8-10-3-2-6-18-10)17-13(16-11)9-4-5-9/h2-3,6-7,9H,4-5,8H2,1H3,(H2,14,15,16,17). The molecule has 1 saturated carbocycles. The van der Waals surface area contributed by atoms with Crippen molar-refractivity contribution >= 4 is 11.6 Å². The molecule has 1 aliphatic rings. The van der Waals surface area contributed by atoms with Crippen molar-refractivity contribution in [1.29, 1.82) is 0 Å². The van der Waals surface area contributed by atoms with Crippen molar-refractivity contribution in [3.63, 3.8) is 0 Å². The summed E-state index contributed by atoms with van der Waals surface area (Å²) in [7, 11) is 1.87. The van der Waals surface area contributed by atoms with E-state index in [1.165, 1.54) is 12.8 Å². The molecule has 0 aromatic carbocycles. The van der Waals surface area contributed by atoms with Crippen LogP contribution in [0.3, 0.4) is 0 Å². The Morgan fingerprint density at radius 3 is 2.83 bits per heavy atom. The Morgan fingerprint density at radius 1 is 1.33 bits per heavy atom. The van der Waals surface area contributed by atoms with Gasteiger partial charge in [0.05, 0.1) is 12.8 Å². The molecule has 0 amide bonds. The number of furan rings is 1. The third kappa shape index (κ3) is 2.45. The van der Waals surface area contributed by atoms with E-state index >= 15 is 0 Å². The van der Waals surface area contributed by atoms with Gasteiger partial charge >= 0.3 is 0 Å². The minimum Gasteiger partial charge on any atom is -0.467 e. The van der Waals surface area contributed by atoms with Crippen molar-refractivity contribution in [3.05, 3.63) is 36.0 Å². The molecular formula is C13H16N4O. The first-order valence-electron chi connectivity index (χ1n) is 6.18. The van der Waals surface area contributed by atoms with Gasteiger partial charge in [-0.3, -0.25) is 0 Å². The van der Waals surface area contributed by atoms with Crippen molar-refractivity contribution in [3.8, 4) is 0 Å². The lowest BCUT2D eigenvalue weighted by Crippen LogP contribution is -2.05. The summed E-state index contributed by atoms with van der Waals surface area (Å²) in [5, 5.41) is 6.33. The Balaban J connectivity index is 1.75. The summed E-state index contributed by atoms with van der Waals surface area (Å²) in [5.41, 5.74) is 0. The zero-order chi connectivity index (χ0) is 12.4. The third-order valence-corrected chi connectivity index (χ3v) is 2.97. The minimum atomic E-state index is 0.544. The van der Waals surface area contributed by atoms with Crippen molar-refractivity contribution in [1.82, 2.24) is 9.97 Å². The second kappa shape index (κ2) is 4.68. The maximum Gasteiger partial charge on any atom is 0.136 e. The molecule has 0 saturated heterocycles. The lowest BCUT2D eigenvalue weighted by molar-refractivity contribution is 0.517. The van der Waals surface area contributed by atoms with Gasteiger partial charge in [0.1, 0.15) is 23.2 Å². The predicted octanol–water partition coefficient (Wildman–Crippen LogP) is 2.60. The van der Waals surface area contributed by atoms with Gasteiger partial charge in [-0.1, -0.05) is 0 Å². The summed E-state index contributed by atoms with van der Waals surface area (Å²) < 4.78 is 5.28. The lowest BCUT2D eigenvalue weighted by Gasteiger charge is -2.08. The van der Waals surface area contributed by atoms with E-state index in [-0.39, 0.29) is 0 Å². The Bertz CT molecular complexity index is 520. The van der Waals surface area contributed by atoms with E-state index in [1.54, 1.807) is 6.26 Å². The Morgan fingerprint density at radius 2 is 2.17 bits per heavy atom. The maximum atomic E-state index is 5.28. The van der Waals surface area contributed by atoms with Crippen LogP contribution in [0, 0.1) is 0 Å². The summed E-state index contributed by atoms with van der Waals surface area (Å²) in [5.74, 6) is 4.07. The molecule has 0 bridgehead atoms. The normalized spacial score (nSPS) is 14.5. The second-order valence-electron chi connectivity index (χ2n) is 4.45. The second-order valence-corrected chi connectivity index (χ2v) is 4.45. The highest BCUT2D eigenvalue weighted by Crippen LogP contribution is 2.38. The summed E-state index contributed by atoms with van der Waals surface area (Å²) in [6.45, 7) is 0.636. The molecule has 3 rings (SSSR count). The zero-order valence-electron chi connectivity index (χ0n) is 10.3. The van der Waals surface area contributed by atoms with Gasteiger partial charge in [0.15, 0.2) is 0 Å². The number of anilines is 2. The van der Waals surface area contributed by atoms with E-state index in [9.17, 15) is 0 Å². The Hall–Kier alpha value is -2.04. The number of nitrogens with zero attached hydrogens (tertiary/aromatic N) is 2. The van der Waals surface area contributed by atoms with E-state index < -0.39 is 0 Å². The topological polar surface area (TPSA) is 63.0 Å². The van der Waals surface area contributed by atoms with E-state index in [2.05, 4.69) is 20.6 Å². The van der Waals surface area contributed by atoms with E-state index in [1.807, 2.05) is 25.2 Å². The fourth-order valence-corrected chi connectivity index (χ4v) is 1.80. The number of nitrogens with one attached hydrogen (secondary N) is 2.